The molecule has 0 unspecified atom stereocenters. The highest BCUT2D eigenvalue weighted by Crippen LogP contribution is 2.02. The van der Waals surface area contributed by atoms with Gasteiger partial charge in [-0.1, -0.05) is 0 Å². The second-order valence-corrected chi connectivity index (χ2v) is 1.23. The van der Waals surface area contributed by atoms with E-state index in [1.165, 1.54) is 0 Å². The van der Waals surface area contributed by atoms with Gasteiger partial charge in [0.05, 0.1) is 18.6 Å². The van der Waals surface area contributed by atoms with Crippen LogP contribution in [-0.4, -0.2) is 35.5 Å². The van der Waals surface area contributed by atoms with E-state index in [0.717, 1.165) is 0 Å². The summed E-state index contributed by atoms with van der Waals surface area (Å²) >= 11 is 0. The Labute approximate surface area is 47.2 Å². The summed E-state index contributed by atoms with van der Waals surface area (Å²) < 4.78 is 31.6. The van der Waals surface area contributed by atoms with Crippen molar-refractivity contribution in [2.75, 3.05) is 13.1 Å². The van der Waals surface area contributed by atoms with Crippen LogP contribution in [0.5, 0.6) is 0 Å². The smallest absolute Gasteiger partial charge is 0.105 e. The van der Waals surface area contributed by atoms with Gasteiger partial charge in [0.25, 0.3) is 0 Å². The molecule has 2 atom stereocenters. The number of hydrogen-bond acceptors (Lipinski definition) is 3. The van der Waals surface area contributed by atoms with Gasteiger partial charge in [-0.15, -0.1) is 0 Å². The van der Waals surface area contributed by atoms with Gasteiger partial charge in [-0.25, -0.2) is 0 Å². The van der Waals surface area contributed by atoms with Crippen LogP contribution >= 0.6 is 0 Å². The van der Waals surface area contributed by atoms with Crippen LogP contribution in [0, 0.1) is 0 Å². The van der Waals surface area contributed by atoms with Crippen LogP contribution in [0.3, 0.4) is 0 Å². The summed E-state index contributed by atoms with van der Waals surface area (Å²) in [6, 6.07) is 0. The molecule has 3 heteroatoms. The normalized spacial score (nSPS) is 64.9. The van der Waals surface area contributed by atoms with Gasteiger partial charge in [-0.05, 0) is 0 Å². The number of aliphatic hydroxyl groups excluding tert-OH is 2. The summed E-state index contributed by atoms with van der Waals surface area (Å²) in [5.74, 6) is 0. The zero-order chi connectivity index (χ0) is 8.86. The summed E-state index contributed by atoms with van der Waals surface area (Å²) in [5.41, 5.74) is 0. The first kappa shape index (κ1) is 2.01. The van der Waals surface area contributed by atoms with E-state index < -0.39 is 25.3 Å². The van der Waals surface area contributed by atoms with Crippen LogP contribution in [-0.2, 0) is 4.74 Å². The lowest BCUT2D eigenvalue weighted by Crippen LogP contribution is -2.22. The van der Waals surface area contributed by atoms with E-state index >= 15 is 0 Å². The molecule has 1 saturated heterocycles. The van der Waals surface area contributed by atoms with Crippen molar-refractivity contribution in [3.05, 3.63) is 0 Å². The SMILES string of the molecule is [2H]C1([2H])OC([2H])([2H])[C@H](O)[C@H]1O. The van der Waals surface area contributed by atoms with E-state index in [1.807, 2.05) is 0 Å². The fourth-order valence-electron chi connectivity index (χ4n) is 0.284. The molecule has 0 aromatic rings. The minimum atomic E-state index is -2.51. The van der Waals surface area contributed by atoms with Crippen molar-refractivity contribution in [1.29, 1.82) is 0 Å². The molecule has 1 heterocycles. The largest absolute Gasteiger partial charge is 0.388 e. The van der Waals surface area contributed by atoms with Crippen molar-refractivity contribution in [1.82, 2.24) is 0 Å². The molecular weight excluding hydrogens is 96.0 g/mol. The number of rotatable bonds is 0. The van der Waals surface area contributed by atoms with Gasteiger partial charge in [0, 0.05) is 0 Å². The average Bonchev–Trinajstić information content (AvgIpc) is 1.91. The van der Waals surface area contributed by atoms with Crippen molar-refractivity contribution < 1.29 is 20.4 Å². The van der Waals surface area contributed by atoms with Crippen LogP contribution in [0.2, 0.25) is 0 Å². The summed E-state index contributed by atoms with van der Waals surface area (Å²) in [4.78, 5) is 0. The molecule has 2 N–H and O–H groups in total. The summed E-state index contributed by atoms with van der Waals surface area (Å²) in [7, 11) is 0. The Morgan fingerprint density at radius 1 is 1.43 bits per heavy atom. The lowest BCUT2D eigenvalue weighted by Gasteiger charge is -2.00. The average molecular weight is 108 g/mol. The Bertz CT molecular complexity index is 153. The second kappa shape index (κ2) is 1.78. The van der Waals surface area contributed by atoms with Crippen molar-refractivity contribution >= 4 is 0 Å². The van der Waals surface area contributed by atoms with Crippen LogP contribution in [0.4, 0.5) is 0 Å². The van der Waals surface area contributed by atoms with Crippen molar-refractivity contribution in [2.45, 2.75) is 12.2 Å². The molecular formula is C4H8O3. The predicted molar refractivity (Wildman–Crippen MR) is 22.8 cm³/mol. The third-order valence-corrected chi connectivity index (χ3v) is 0.658. The highest BCUT2D eigenvalue weighted by atomic mass is 16.5. The fraction of sp³-hybridized carbons (Fsp3) is 1.00. The zero-order valence-corrected chi connectivity index (χ0v) is 3.46. The van der Waals surface area contributed by atoms with Crippen molar-refractivity contribution in [2.24, 2.45) is 0 Å². The first-order valence-electron chi connectivity index (χ1n) is 3.84. The molecule has 0 aromatic heterocycles. The molecule has 7 heavy (non-hydrogen) atoms. The molecule has 1 aliphatic rings. The van der Waals surface area contributed by atoms with E-state index in [-0.39, 0.29) is 0 Å². The molecule has 0 spiro atoms. The van der Waals surface area contributed by atoms with Gasteiger partial charge in [-0.2, -0.15) is 0 Å². The van der Waals surface area contributed by atoms with E-state index in [9.17, 15) is 0 Å². The van der Waals surface area contributed by atoms with E-state index in [4.69, 9.17) is 15.7 Å². The number of hydrogen-bond donors (Lipinski definition) is 2. The maximum atomic E-state index is 8.87. The van der Waals surface area contributed by atoms with E-state index in [1.54, 1.807) is 0 Å². The summed E-state index contributed by atoms with van der Waals surface area (Å²) in [6.45, 7) is -5.02. The molecule has 0 aliphatic carbocycles. The van der Waals surface area contributed by atoms with Gasteiger partial charge < -0.3 is 14.9 Å². The number of aliphatic hydroxyl groups is 2. The summed E-state index contributed by atoms with van der Waals surface area (Å²) in [6.07, 6.45) is -3.67. The zero-order valence-electron chi connectivity index (χ0n) is 7.46. The minimum absolute atomic E-state index is 1.84. The van der Waals surface area contributed by atoms with Crippen LogP contribution in [0.25, 0.3) is 0 Å². The van der Waals surface area contributed by atoms with Gasteiger partial charge >= 0.3 is 0 Å². The van der Waals surface area contributed by atoms with E-state index in [2.05, 4.69) is 4.74 Å². The Morgan fingerprint density at radius 2 is 1.86 bits per heavy atom. The Morgan fingerprint density at radius 3 is 2.00 bits per heavy atom. The minimum Gasteiger partial charge on any atom is -0.388 e. The Balaban J connectivity index is 2.86. The molecule has 3 nitrogen and oxygen atoms in total. The molecule has 1 rings (SSSR count). The molecule has 0 amide bonds. The lowest BCUT2D eigenvalue weighted by atomic mass is 10.3. The molecule has 1 fully saturated rings. The highest BCUT2D eigenvalue weighted by molar-refractivity contribution is 4.71. The first-order valence-corrected chi connectivity index (χ1v) is 1.84. The Hall–Kier alpha value is -0.120. The highest BCUT2D eigenvalue weighted by Gasteiger charge is 2.22. The molecule has 0 bridgehead atoms. The second-order valence-electron chi connectivity index (χ2n) is 1.23. The lowest BCUT2D eigenvalue weighted by molar-refractivity contribution is 0.0572. The van der Waals surface area contributed by atoms with Gasteiger partial charge in [0.2, 0.25) is 0 Å². The molecule has 0 saturated carbocycles. The number of ether oxygens (including phenoxy) is 1. The summed E-state index contributed by atoms with van der Waals surface area (Å²) in [5, 5.41) is 17.7. The third-order valence-electron chi connectivity index (χ3n) is 0.658. The molecule has 0 radical (unpaired) electrons. The fourth-order valence-corrected chi connectivity index (χ4v) is 0.284. The third kappa shape index (κ3) is 0.907. The van der Waals surface area contributed by atoms with Gasteiger partial charge in [0.1, 0.15) is 12.2 Å². The maximum Gasteiger partial charge on any atom is 0.105 e. The topological polar surface area (TPSA) is 49.7 Å². The quantitative estimate of drug-likeness (QED) is 0.407. The van der Waals surface area contributed by atoms with E-state index in [0.29, 0.717) is 0 Å². The molecule has 42 valence electrons. The van der Waals surface area contributed by atoms with Crippen molar-refractivity contribution in [3.63, 3.8) is 0 Å². The first-order chi connectivity index (χ1) is 4.77. The van der Waals surface area contributed by atoms with Crippen LogP contribution in [0.1, 0.15) is 5.48 Å². The van der Waals surface area contributed by atoms with Gasteiger partial charge in [0.15, 0.2) is 0 Å². The molecule has 1 aliphatic heterocycles. The Kier molecular flexibility index (Phi) is 0.510. The van der Waals surface area contributed by atoms with Gasteiger partial charge in [-0.3, -0.25) is 0 Å². The van der Waals surface area contributed by atoms with Crippen LogP contribution in [0.15, 0.2) is 0 Å². The maximum absolute atomic E-state index is 8.87. The standard InChI is InChI=1S/C4H8O3/c5-3-1-7-2-4(3)6/h3-6H,1-2H2/t3-,4-/m0/s1/i1D2,2D2. The predicted octanol–water partition coefficient (Wildman–Crippen LogP) is -1.26. The van der Waals surface area contributed by atoms with Crippen LogP contribution < -0.4 is 0 Å². The monoisotopic (exact) mass is 108 g/mol. The molecule has 0 aromatic carbocycles. The van der Waals surface area contributed by atoms with Crippen molar-refractivity contribution in [3.8, 4) is 0 Å².